The van der Waals surface area contributed by atoms with Gasteiger partial charge in [0, 0.05) is 20.1 Å². The summed E-state index contributed by atoms with van der Waals surface area (Å²) in [5, 5.41) is 0. The van der Waals surface area contributed by atoms with Crippen LogP contribution in [0.1, 0.15) is 33.6 Å². The third-order valence-corrected chi connectivity index (χ3v) is 3.05. The Morgan fingerprint density at radius 2 is 1.87 bits per heavy atom. The molecule has 0 saturated heterocycles. The summed E-state index contributed by atoms with van der Waals surface area (Å²) in [6.07, 6.45) is 1.58. The second kappa shape index (κ2) is 5.91. The fourth-order valence-corrected chi connectivity index (χ4v) is 1.81. The first-order chi connectivity index (χ1) is 6.93. The van der Waals surface area contributed by atoms with Gasteiger partial charge in [0.1, 0.15) is 0 Å². The van der Waals surface area contributed by atoms with Crippen LogP contribution in [-0.4, -0.2) is 30.9 Å². The normalized spacial score (nSPS) is 11.3. The van der Waals surface area contributed by atoms with Gasteiger partial charge in [-0.2, -0.15) is 0 Å². The van der Waals surface area contributed by atoms with Gasteiger partial charge in [-0.1, -0.05) is 26.0 Å². The van der Waals surface area contributed by atoms with Crippen molar-refractivity contribution < 1.29 is 4.79 Å². The van der Waals surface area contributed by atoms with Crippen molar-refractivity contribution in [3.05, 3.63) is 12.2 Å². The smallest absolute Gasteiger partial charge is 0.230 e. The molecule has 0 radical (unpaired) electrons. The minimum Gasteiger partial charge on any atom is -0.341 e. The average molecular weight is 212 g/mol. The van der Waals surface area contributed by atoms with Gasteiger partial charge in [-0.05, 0) is 19.8 Å². The second-order valence-electron chi connectivity index (χ2n) is 4.31. The van der Waals surface area contributed by atoms with Gasteiger partial charge in [0.05, 0.1) is 5.41 Å². The van der Waals surface area contributed by atoms with Crippen LogP contribution in [0.25, 0.3) is 0 Å². The van der Waals surface area contributed by atoms with Crippen molar-refractivity contribution in [3.63, 3.8) is 0 Å². The van der Waals surface area contributed by atoms with E-state index in [2.05, 4.69) is 6.58 Å². The zero-order valence-electron chi connectivity index (χ0n) is 10.5. The predicted octanol–water partition coefficient (Wildman–Crippen LogP) is 1.79. The molecule has 0 atom stereocenters. The minimum absolute atomic E-state index is 0.137. The van der Waals surface area contributed by atoms with E-state index in [9.17, 15) is 4.79 Å². The van der Waals surface area contributed by atoms with Gasteiger partial charge in [-0.15, -0.1) is 0 Å². The van der Waals surface area contributed by atoms with Crippen molar-refractivity contribution in [2.24, 2.45) is 11.1 Å². The van der Waals surface area contributed by atoms with Crippen LogP contribution < -0.4 is 5.73 Å². The Balaban J connectivity index is 4.70. The SMILES string of the molecule is C=C(C)CN(C)C(=O)C(CC)(CC)CN. The number of carbonyl (C=O) groups is 1. The summed E-state index contributed by atoms with van der Waals surface area (Å²) < 4.78 is 0. The Morgan fingerprint density at radius 3 is 2.13 bits per heavy atom. The highest BCUT2D eigenvalue weighted by Crippen LogP contribution is 2.27. The second-order valence-corrected chi connectivity index (χ2v) is 4.31. The Hall–Kier alpha value is -0.830. The van der Waals surface area contributed by atoms with Crippen molar-refractivity contribution in [2.45, 2.75) is 33.6 Å². The number of carbonyl (C=O) groups excluding carboxylic acids is 1. The molecule has 0 rings (SSSR count). The van der Waals surface area contributed by atoms with Crippen LogP contribution in [0.15, 0.2) is 12.2 Å². The molecule has 1 amide bonds. The van der Waals surface area contributed by atoms with Gasteiger partial charge in [0.15, 0.2) is 0 Å². The summed E-state index contributed by atoms with van der Waals surface area (Å²) in [4.78, 5) is 13.9. The third kappa shape index (κ3) is 3.34. The summed E-state index contributed by atoms with van der Waals surface area (Å²) in [6, 6.07) is 0. The van der Waals surface area contributed by atoms with Crippen LogP contribution in [0.4, 0.5) is 0 Å². The first kappa shape index (κ1) is 14.2. The molecule has 0 fully saturated rings. The van der Waals surface area contributed by atoms with E-state index >= 15 is 0 Å². The largest absolute Gasteiger partial charge is 0.341 e. The molecule has 0 aliphatic rings. The van der Waals surface area contributed by atoms with Gasteiger partial charge in [0.2, 0.25) is 5.91 Å². The zero-order valence-corrected chi connectivity index (χ0v) is 10.5. The van der Waals surface area contributed by atoms with E-state index in [4.69, 9.17) is 5.73 Å². The number of amides is 1. The molecular formula is C12H24N2O. The van der Waals surface area contributed by atoms with Gasteiger partial charge in [0.25, 0.3) is 0 Å². The molecule has 3 nitrogen and oxygen atoms in total. The van der Waals surface area contributed by atoms with Crippen molar-refractivity contribution >= 4 is 5.91 Å². The maximum atomic E-state index is 12.2. The Bertz CT molecular complexity index is 224. The molecule has 0 aromatic heterocycles. The van der Waals surface area contributed by atoms with Crippen molar-refractivity contribution in [2.75, 3.05) is 20.1 Å². The van der Waals surface area contributed by atoms with Crippen LogP contribution in [0, 0.1) is 5.41 Å². The molecular weight excluding hydrogens is 188 g/mol. The summed E-state index contributed by atoms with van der Waals surface area (Å²) in [6.45, 7) is 10.8. The third-order valence-electron chi connectivity index (χ3n) is 3.05. The van der Waals surface area contributed by atoms with E-state index in [1.54, 1.807) is 4.90 Å². The zero-order chi connectivity index (χ0) is 12.1. The van der Waals surface area contributed by atoms with Crippen molar-refractivity contribution in [1.29, 1.82) is 0 Å². The molecule has 0 unspecified atom stereocenters. The number of likely N-dealkylation sites (N-methyl/N-ethyl adjacent to an activating group) is 1. The fourth-order valence-electron chi connectivity index (χ4n) is 1.81. The number of nitrogens with two attached hydrogens (primary N) is 1. The van der Waals surface area contributed by atoms with Gasteiger partial charge >= 0.3 is 0 Å². The molecule has 0 aliphatic heterocycles. The number of nitrogens with zero attached hydrogens (tertiary/aromatic N) is 1. The summed E-state index contributed by atoms with van der Waals surface area (Å²) in [7, 11) is 1.81. The van der Waals surface area contributed by atoms with Crippen molar-refractivity contribution in [3.8, 4) is 0 Å². The maximum absolute atomic E-state index is 12.2. The Labute approximate surface area is 93.3 Å². The van der Waals surface area contributed by atoms with E-state index in [1.165, 1.54) is 0 Å². The topological polar surface area (TPSA) is 46.3 Å². The number of hydrogen-bond donors (Lipinski definition) is 1. The molecule has 0 aromatic rings. The fraction of sp³-hybridized carbons (Fsp3) is 0.750. The lowest BCUT2D eigenvalue weighted by Gasteiger charge is -2.33. The number of rotatable bonds is 6. The summed E-state index contributed by atoms with van der Waals surface area (Å²) in [5.74, 6) is 0.137. The van der Waals surface area contributed by atoms with Crippen LogP contribution in [0.2, 0.25) is 0 Å². The van der Waals surface area contributed by atoms with E-state index in [-0.39, 0.29) is 11.3 Å². The number of hydrogen-bond acceptors (Lipinski definition) is 2. The monoisotopic (exact) mass is 212 g/mol. The van der Waals surface area contributed by atoms with Crippen LogP contribution in [0.3, 0.4) is 0 Å². The molecule has 2 N–H and O–H groups in total. The van der Waals surface area contributed by atoms with Crippen LogP contribution in [0.5, 0.6) is 0 Å². The van der Waals surface area contributed by atoms with Gasteiger partial charge in [-0.3, -0.25) is 4.79 Å². The first-order valence-electron chi connectivity index (χ1n) is 5.53. The van der Waals surface area contributed by atoms with E-state index < -0.39 is 0 Å². The average Bonchev–Trinajstić information content (AvgIpc) is 2.20. The molecule has 88 valence electrons. The highest BCUT2D eigenvalue weighted by atomic mass is 16.2. The summed E-state index contributed by atoms with van der Waals surface area (Å²) >= 11 is 0. The summed E-state index contributed by atoms with van der Waals surface area (Å²) in [5.41, 5.74) is 6.33. The highest BCUT2D eigenvalue weighted by Gasteiger charge is 2.35. The molecule has 0 aromatic carbocycles. The predicted molar refractivity (Wildman–Crippen MR) is 64.5 cm³/mol. The molecule has 0 spiro atoms. The van der Waals surface area contributed by atoms with Crippen molar-refractivity contribution in [1.82, 2.24) is 4.90 Å². The molecule has 0 saturated carbocycles. The molecule has 15 heavy (non-hydrogen) atoms. The lowest BCUT2D eigenvalue weighted by molar-refractivity contribution is -0.140. The van der Waals surface area contributed by atoms with E-state index in [0.29, 0.717) is 13.1 Å². The van der Waals surface area contributed by atoms with E-state index in [1.807, 2.05) is 27.8 Å². The molecule has 0 aliphatic carbocycles. The van der Waals surface area contributed by atoms with Gasteiger partial charge in [-0.25, -0.2) is 0 Å². The Morgan fingerprint density at radius 1 is 1.40 bits per heavy atom. The highest BCUT2D eigenvalue weighted by molar-refractivity contribution is 5.82. The first-order valence-corrected chi connectivity index (χ1v) is 5.53. The van der Waals surface area contributed by atoms with E-state index in [0.717, 1.165) is 18.4 Å². The molecule has 0 heterocycles. The van der Waals surface area contributed by atoms with Crippen LogP contribution >= 0.6 is 0 Å². The standard InChI is InChI=1S/C12H24N2O/c1-6-12(7-2,9-13)11(15)14(5)8-10(3)4/h3,6-9,13H2,1-2,4-5H3. The Kier molecular flexibility index (Phi) is 5.58. The quantitative estimate of drug-likeness (QED) is 0.682. The molecule has 0 bridgehead atoms. The lowest BCUT2D eigenvalue weighted by atomic mass is 9.81. The minimum atomic E-state index is -0.385. The lowest BCUT2D eigenvalue weighted by Crippen LogP contribution is -2.46. The van der Waals surface area contributed by atoms with Gasteiger partial charge < -0.3 is 10.6 Å². The maximum Gasteiger partial charge on any atom is 0.230 e. The molecule has 3 heteroatoms. The van der Waals surface area contributed by atoms with Crippen LogP contribution in [-0.2, 0) is 4.79 Å².